The lowest BCUT2D eigenvalue weighted by molar-refractivity contribution is -0.116. The summed E-state index contributed by atoms with van der Waals surface area (Å²) in [4.78, 5) is 32.5. The monoisotopic (exact) mass is 443 g/mol. The lowest BCUT2D eigenvalue weighted by Crippen LogP contribution is -2.37. The van der Waals surface area contributed by atoms with E-state index >= 15 is 0 Å². The number of hydrogen-bond donors (Lipinski definition) is 0. The Balaban J connectivity index is 1.62. The van der Waals surface area contributed by atoms with Gasteiger partial charge in [0.15, 0.2) is 5.16 Å². The molecule has 2 heterocycles. The van der Waals surface area contributed by atoms with Crippen LogP contribution in [0.15, 0.2) is 52.4 Å². The van der Waals surface area contributed by atoms with Gasteiger partial charge in [-0.2, -0.15) is 0 Å². The van der Waals surface area contributed by atoms with Crippen LogP contribution in [0.1, 0.15) is 12.0 Å². The Morgan fingerprint density at radius 2 is 2.10 bits per heavy atom. The molecule has 0 saturated carbocycles. The predicted octanol–water partition coefficient (Wildman–Crippen LogP) is 3.77. The van der Waals surface area contributed by atoms with Gasteiger partial charge >= 0.3 is 0 Å². The molecule has 1 aliphatic rings. The van der Waals surface area contributed by atoms with E-state index in [0.717, 1.165) is 18.5 Å². The molecule has 0 bridgehead atoms. The molecule has 30 heavy (non-hydrogen) atoms. The van der Waals surface area contributed by atoms with Crippen LogP contribution in [-0.4, -0.2) is 41.5 Å². The van der Waals surface area contributed by atoms with Crippen LogP contribution < -0.4 is 10.5 Å². The first kappa shape index (κ1) is 20.9. The number of halogens is 1. The highest BCUT2D eigenvalue weighted by molar-refractivity contribution is 7.99. The number of ether oxygens (including phenoxy) is 1. The summed E-state index contributed by atoms with van der Waals surface area (Å²) in [6, 6.07) is 13.0. The molecule has 6 nitrogen and oxygen atoms in total. The van der Waals surface area contributed by atoms with E-state index in [9.17, 15) is 9.59 Å². The van der Waals surface area contributed by atoms with Gasteiger partial charge in [-0.25, -0.2) is 4.98 Å². The van der Waals surface area contributed by atoms with Crippen molar-refractivity contribution < 1.29 is 9.53 Å². The molecule has 0 atom stereocenters. The molecule has 0 N–H and O–H groups in total. The van der Waals surface area contributed by atoms with Crippen molar-refractivity contribution in [1.29, 1.82) is 0 Å². The van der Waals surface area contributed by atoms with Gasteiger partial charge in [0.1, 0.15) is 0 Å². The van der Waals surface area contributed by atoms with Crippen LogP contribution in [0.4, 0.5) is 5.69 Å². The number of aromatic nitrogens is 2. The van der Waals surface area contributed by atoms with Crippen molar-refractivity contribution in [1.82, 2.24) is 9.55 Å². The number of carbonyl (C=O) groups is 1. The summed E-state index contributed by atoms with van der Waals surface area (Å²) in [5, 5.41) is 1.50. The minimum absolute atomic E-state index is 0.00545. The summed E-state index contributed by atoms with van der Waals surface area (Å²) in [6.07, 6.45) is 1.93. The zero-order valence-corrected chi connectivity index (χ0v) is 18.2. The molecule has 2 aromatic carbocycles. The average Bonchev–Trinajstić information content (AvgIpc) is 2.76. The Kier molecular flexibility index (Phi) is 6.41. The Hall–Kier alpha value is -2.35. The molecule has 1 aromatic heterocycles. The second kappa shape index (κ2) is 9.20. The first-order valence-corrected chi connectivity index (χ1v) is 11.1. The minimum Gasteiger partial charge on any atom is -0.383 e. The SMILES string of the molecule is COCCn1c(SCC(=O)N2CCCc3ccccc32)nc2cc(Cl)ccc2c1=O. The number of benzene rings is 2. The van der Waals surface area contributed by atoms with E-state index in [0.29, 0.717) is 40.8 Å². The zero-order chi connectivity index (χ0) is 21.1. The second-order valence-electron chi connectivity index (χ2n) is 7.07. The standard InChI is InChI=1S/C22H22ClN3O3S/c1-29-12-11-26-21(28)17-9-8-16(23)13-18(17)24-22(26)30-14-20(27)25-10-4-6-15-5-2-3-7-19(15)25/h2-3,5,7-9,13H,4,6,10-12,14H2,1H3. The molecular formula is C22H22ClN3O3S. The smallest absolute Gasteiger partial charge is 0.262 e. The number of nitrogens with zero attached hydrogens (tertiary/aromatic N) is 3. The third kappa shape index (κ3) is 4.24. The summed E-state index contributed by atoms with van der Waals surface area (Å²) < 4.78 is 6.72. The number of para-hydroxylation sites is 1. The molecule has 0 aliphatic carbocycles. The zero-order valence-electron chi connectivity index (χ0n) is 16.6. The maximum atomic E-state index is 13.0. The Morgan fingerprint density at radius 1 is 1.27 bits per heavy atom. The Bertz CT molecular complexity index is 1150. The molecule has 4 rings (SSSR count). The molecule has 156 valence electrons. The first-order chi connectivity index (χ1) is 14.6. The van der Waals surface area contributed by atoms with Gasteiger partial charge in [-0.15, -0.1) is 0 Å². The largest absolute Gasteiger partial charge is 0.383 e. The molecule has 0 fully saturated rings. The van der Waals surface area contributed by atoms with Gasteiger partial charge in [0, 0.05) is 24.4 Å². The highest BCUT2D eigenvalue weighted by Gasteiger charge is 2.23. The van der Waals surface area contributed by atoms with Crippen molar-refractivity contribution in [2.75, 3.05) is 30.9 Å². The number of hydrogen-bond acceptors (Lipinski definition) is 5. The van der Waals surface area contributed by atoms with Crippen LogP contribution in [0.5, 0.6) is 0 Å². The number of anilines is 1. The number of amides is 1. The normalized spacial score (nSPS) is 13.5. The number of thioether (sulfide) groups is 1. The maximum Gasteiger partial charge on any atom is 0.262 e. The number of methoxy groups -OCH3 is 1. The second-order valence-corrected chi connectivity index (χ2v) is 8.45. The first-order valence-electron chi connectivity index (χ1n) is 9.78. The summed E-state index contributed by atoms with van der Waals surface area (Å²) in [7, 11) is 1.59. The van der Waals surface area contributed by atoms with Gasteiger partial charge < -0.3 is 9.64 Å². The predicted molar refractivity (Wildman–Crippen MR) is 121 cm³/mol. The fourth-order valence-corrected chi connectivity index (χ4v) is 4.73. The van der Waals surface area contributed by atoms with E-state index in [1.165, 1.54) is 17.3 Å². The van der Waals surface area contributed by atoms with Gasteiger partial charge in [-0.05, 0) is 42.7 Å². The molecule has 1 amide bonds. The van der Waals surface area contributed by atoms with Gasteiger partial charge in [-0.3, -0.25) is 14.2 Å². The van der Waals surface area contributed by atoms with Gasteiger partial charge in [0.25, 0.3) is 5.56 Å². The van der Waals surface area contributed by atoms with Crippen LogP contribution in [0.2, 0.25) is 5.02 Å². The van der Waals surface area contributed by atoms with Crippen LogP contribution in [0.25, 0.3) is 10.9 Å². The Morgan fingerprint density at radius 3 is 2.93 bits per heavy atom. The molecule has 8 heteroatoms. The van der Waals surface area contributed by atoms with Crippen molar-refractivity contribution >= 4 is 45.9 Å². The number of carbonyl (C=O) groups excluding carboxylic acids is 1. The quantitative estimate of drug-likeness (QED) is 0.428. The lowest BCUT2D eigenvalue weighted by atomic mass is 10.0. The van der Waals surface area contributed by atoms with Crippen LogP contribution in [-0.2, 0) is 22.5 Å². The molecule has 3 aromatic rings. The van der Waals surface area contributed by atoms with E-state index in [4.69, 9.17) is 16.3 Å². The average molecular weight is 444 g/mol. The third-order valence-corrected chi connectivity index (χ3v) is 6.33. The van der Waals surface area contributed by atoms with E-state index < -0.39 is 0 Å². The molecule has 0 unspecified atom stereocenters. The van der Waals surface area contributed by atoms with Gasteiger partial charge in [-0.1, -0.05) is 41.6 Å². The van der Waals surface area contributed by atoms with Crippen molar-refractivity contribution in [3.8, 4) is 0 Å². The fourth-order valence-electron chi connectivity index (χ4n) is 3.66. The van der Waals surface area contributed by atoms with E-state index in [-0.39, 0.29) is 17.2 Å². The van der Waals surface area contributed by atoms with E-state index in [2.05, 4.69) is 11.1 Å². The summed E-state index contributed by atoms with van der Waals surface area (Å²) in [6.45, 7) is 1.44. The maximum absolute atomic E-state index is 13.0. The Labute approximate surface area is 183 Å². The van der Waals surface area contributed by atoms with Gasteiger partial charge in [0.2, 0.25) is 5.91 Å². The lowest BCUT2D eigenvalue weighted by Gasteiger charge is -2.29. The third-order valence-electron chi connectivity index (χ3n) is 5.14. The number of rotatable bonds is 6. The van der Waals surface area contributed by atoms with E-state index in [1.807, 2.05) is 23.1 Å². The molecule has 0 radical (unpaired) electrons. The van der Waals surface area contributed by atoms with Crippen LogP contribution >= 0.6 is 23.4 Å². The van der Waals surface area contributed by atoms with Crippen molar-refractivity contribution in [3.05, 3.63) is 63.4 Å². The summed E-state index contributed by atoms with van der Waals surface area (Å²) >= 11 is 7.36. The highest BCUT2D eigenvalue weighted by Crippen LogP contribution is 2.28. The fraction of sp³-hybridized carbons (Fsp3) is 0.318. The van der Waals surface area contributed by atoms with Gasteiger partial charge in [0.05, 0.1) is 29.8 Å². The molecular weight excluding hydrogens is 422 g/mol. The van der Waals surface area contributed by atoms with Crippen molar-refractivity contribution in [3.63, 3.8) is 0 Å². The van der Waals surface area contributed by atoms with E-state index in [1.54, 1.807) is 29.9 Å². The number of fused-ring (bicyclic) bond motifs is 2. The topological polar surface area (TPSA) is 64.4 Å². The molecule has 0 spiro atoms. The summed E-state index contributed by atoms with van der Waals surface area (Å²) in [5.74, 6) is 0.200. The number of aryl methyl sites for hydroxylation is 1. The highest BCUT2D eigenvalue weighted by atomic mass is 35.5. The van der Waals surface area contributed by atoms with Crippen molar-refractivity contribution in [2.45, 2.75) is 24.5 Å². The molecule has 1 aliphatic heterocycles. The molecule has 0 saturated heterocycles. The van der Waals surface area contributed by atoms with Crippen LogP contribution in [0.3, 0.4) is 0 Å². The van der Waals surface area contributed by atoms with Crippen LogP contribution in [0, 0.1) is 0 Å². The summed E-state index contributed by atoms with van der Waals surface area (Å²) in [5.41, 5.74) is 2.54. The minimum atomic E-state index is -0.160. The van der Waals surface area contributed by atoms with Crippen molar-refractivity contribution in [2.24, 2.45) is 0 Å².